The van der Waals surface area contributed by atoms with Crippen molar-refractivity contribution in [3.05, 3.63) is 27.2 Å². The summed E-state index contributed by atoms with van der Waals surface area (Å²) < 4.78 is 0.610. The normalized spacial score (nSPS) is 13.0. The van der Waals surface area contributed by atoms with E-state index in [4.69, 9.17) is 17.3 Å². The van der Waals surface area contributed by atoms with E-state index < -0.39 is 0 Å². The zero-order chi connectivity index (χ0) is 9.30. The van der Waals surface area contributed by atoms with E-state index in [1.165, 1.54) is 0 Å². The van der Waals surface area contributed by atoms with Gasteiger partial charge in [0.1, 0.15) is 5.75 Å². The molecule has 0 unspecified atom stereocenters. The number of nitrogens with two attached hydrogens (primary N) is 1. The maximum absolute atomic E-state index is 9.54. The number of phenols is 1. The Morgan fingerprint density at radius 3 is 2.58 bits per heavy atom. The average Bonchev–Trinajstić information content (AvgIpc) is 1.97. The fraction of sp³-hybridized carbons (Fsp3) is 0.250. The van der Waals surface area contributed by atoms with E-state index in [1.807, 2.05) is 0 Å². The lowest BCUT2D eigenvalue weighted by atomic mass is 10.1. The van der Waals surface area contributed by atoms with Crippen LogP contribution in [0.5, 0.6) is 5.75 Å². The van der Waals surface area contributed by atoms with Crippen LogP contribution in [0.3, 0.4) is 0 Å². The Kier molecular flexibility index (Phi) is 2.99. The van der Waals surface area contributed by atoms with Crippen molar-refractivity contribution in [2.75, 3.05) is 0 Å². The standard InChI is InChI=1S/C8H9BrClNO/c1-4(11)7-6(10)3-2-5(9)8(7)12/h2-4,12H,11H2,1H3/t4-/m0/s1. The highest BCUT2D eigenvalue weighted by atomic mass is 79.9. The number of hydrogen-bond donors (Lipinski definition) is 2. The molecule has 0 saturated heterocycles. The van der Waals surface area contributed by atoms with Gasteiger partial charge in [-0.2, -0.15) is 0 Å². The van der Waals surface area contributed by atoms with E-state index in [2.05, 4.69) is 15.9 Å². The second-order valence-electron chi connectivity index (χ2n) is 2.58. The summed E-state index contributed by atoms with van der Waals surface area (Å²) in [6.07, 6.45) is 0. The van der Waals surface area contributed by atoms with Gasteiger partial charge >= 0.3 is 0 Å². The summed E-state index contributed by atoms with van der Waals surface area (Å²) in [6, 6.07) is 3.11. The van der Waals surface area contributed by atoms with Gasteiger partial charge in [-0.25, -0.2) is 0 Å². The van der Waals surface area contributed by atoms with Crippen LogP contribution in [0.25, 0.3) is 0 Å². The van der Waals surface area contributed by atoms with E-state index in [-0.39, 0.29) is 11.8 Å². The van der Waals surface area contributed by atoms with Crippen LogP contribution >= 0.6 is 27.5 Å². The van der Waals surface area contributed by atoms with Gasteiger partial charge in [-0.3, -0.25) is 0 Å². The summed E-state index contributed by atoms with van der Waals surface area (Å²) in [7, 11) is 0. The first-order valence-corrected chi connectivity index (χ1v) is 4.63. The molecule has 1 rings (SSSR count). The van der Waals surface area contributed by atoms with Gasteiger partial charge in [0.2, 0.25) is 0 Å². The third-order valence-electron chi connectivity index (χ3n) is 1.57. The summed E-state index contributed by atoms with van der Waals surface area (Å²) >= 11 is 9.02. The monoisotopic (exact) mass is 249 g/mol. The second-order valence-corrected chi connectivity index (χ2v) is 3.84. The molecule has 4 heteroatoms. The van der Waals surface area contributed by atoms with Crippen LogP contribution in [0.2, 0.25) is 5.02 Å². The van der Waals surface area contributed by atoms with Gasteiger partial charge < -0.3 is 10.8 Å². The summed E-state index contributed by atoms with van der Waals surface area (Å²) in [5.74, 6) is 0.123. The van der Waals surface area contributed by atoms with Crippen molar-refractivity contribution in [2.45, 2.75) is 13.0 Å². The van der Waals surface area contributed by atoms with Gasteiger partial charge in [0.05, 0.1) is 4.47 Å². The fourth-order valence-corrected chi connectivity index (χ4v) is 1.66. The molecule has 1 atom stereocenters. The lowest BCUT2D eigenvalue weighted by Gasteiger charge is -2.11. The maximum atomic E-state index is 9.54. The third kappa shape index (κ3) is 1.73. The van der Waals surface area contributed by atoms with Gasteiger partial charge in [0.15, 0.2) is 0 Å². The minimum Gasteiger partial charge on any atom is -0.506 e. The topological polar surface area (TPSA) is 46.2 Å². The predicted octanol–water partition coefficient (Wildman–Crippen LogP) is 2.83. The van der Waals surface area contributed by atoms with Crippen LogP contribution in [0, 0.1) is 0 Å². The summed E-state index contributed by atoms with van der Waals surface area (Å²) in [5, 5.41) is 10.0. The molecule has 0 fully saturated rings. The summed E-state index contributed by atoms with van der Waals surface area (Å²) in [5.41, 5.74) is 6.19. The summed E-state index contributed by atoms with van der Waals surface area (Å²) in [6.45, 7) is 1.77. The van der Waals surface area contributed by atoms with Crippen molar-refractivity contribution in [2.24, 2.45) is 5.73 Å². The summed E-state index contributed by atoms with van der Waals surface area (Å²) in [4.78, 5) is 0. The largest absolute Gasteiger partial charge is 0.506 e. The Balaban J connectivity index is 3.33. The van der Waals surface area contributed by atoms with Crippen LogP contribution in [0.1, 0.15) is 18.5 Å². The van der Waals surface area contributed by atoms with E-state index in [1.54, 1.807) is 19.1 Å². The molecule has 0 bridgehead atoms. The first-order valence-electron chi connectivity index (χ1n) is 3.46. The van der Waals surface area contributed by atoms with Crippen LogP contribution < -0.4 is 5.73 Å². The van der Waals surface area contributed by atoms with Gasteiger partial charge in [0, 0.05) is 16.6 Å². The zero-order valence-corrected chi connectivity index (χ0v) is 8.85. The van der Waals surface area contributed by atoms with E-state index >= 15 is 0 Å². The molecule has 2 nitrogen and oxygen atoms in total. The Labute approximate surface area is 84.5 Å². The maximum Gasteiger partial charge on any atom is 0.136 e. The Morgan fingerprint density at radius 2 is 2.17 bits per heavy atom. The van der Waals surface area contributed by atoms with Crippen molar-refractivity contribution in [1.82, 2.24) is 0 Å². The molecular weight excluding hydrogens is 241 g/mol. The second kappa shape index (κ2) is 3.64. The van der Waals surface area contributed by atoms with Gasteiger partial charge in [-0.1, -0.05) is 11.6 Å². The molecule has 3 N–H and O–H groups in total. The highest BCUT2D eigenvalue weighted by Gasteiger charge is 2.12. The first kappa shape index (κ1) is 9.84. The number of rotatable bonds is 1. The van der Waals surface area contributed by atoms with Crippen molar-refractivity contribution < 1.29 is 5.11 Å². The van der Waals surface area contributed by atoms with Crippen molar-refractivity contribution in [3.8, 4) is 5.75 Å². The van der Waals surface area contributed by atoms with E-state index in [0.29, 0.717) is 15.1 Å². The van der Waals surface area contributed by atoms with E-state index in [0.717, 1.165) is 0 Å². The SMILES string of the molecule is C[C@H](N)c1c(Cl)ccc(Br)c1O. The molecule has 0 radical (unpaired) electrons. The molecular formula is C8H9BrClNO. The Morgan fingerprint density at radius 1 is 1.58 bits per heavy atom. The average molecular weight is 251 g/mol. The molecule has 12 heavy (non-hydrogen) atoms. The molecule has 0 spiro atoms. The third-order valence-corrected chi connectivity index (χ3v) is 2.54. The zero-order valence-electron chi connectivity index (χ0n) is 6.51. The quantitative estimate of drug-likeness (QED) is 0.805. The smallest absolute Gasteiger partial charge is 0.136 e. The minimum atomic E-state index is -0.269. The molecule has 1 aromatic carbocycles. The lowest BCUT2D eigenvalue weighted by molar-refractivity contribution is 0.460. The molecule has 1 aromatic rings. The number of halogens is 2. The highest BCUT2D eigenvalue weighted by Crippen LogP contribution is 2.36. The molecule has 66 valence electrons. The van der Waals surface area contributed by atoms with Crippen LogP contribution in [-0.4, -0.2) is 5.11 Å². The lowest BCUT2D eigenvalue weighted by Crippen LogP contribution is -2.06. The van der Waals surface area contributed by atoms with Gasteiger partial charge in [-0.15, -0.1) is 0 Å². The minimum absolute atomic E-state index is 0.123. The Hall–Kier alpha value is -0.250. The van der Waals surface area contributed by atoms with E-state index in [9.17, 15) is 5.11 Å². The van der Waals surface area contributed by atoms with Crippen LogP contribution in [-0.2, 0) is 0 Å². The predicted molar refractivity (Wildman–Crippen MR) is 53.4 cm³/mol. The molecule has 0 aliphatic carbocycles. The van der Waals surface area contributed by atoms with Crippen molar-refractivity contribution in [3.63, 3.8) is 0 Å². The molecule has 0 aromatic heterocycles. The van der Waals surface area contributed by atoms with Gasteiger partial charge in [-0.05, 0) is 35.0 Å². The number of phenolic OH excluding ortho intramolecular Hbond substituents is 1. The molecule has 0 aliphatic rings. The Bertz CT molecular complexity index is 301. The van der Waals surface area contributed by atoms with Crippen LogP contribution in [0.4, 0.5) is 0 Å². The first-order chi connectivity index (χ1) is 5.54. The van der Waals surface area contributed by atoms with Crippen LogP contribution in [0.15, 0.2) is 16.6 Å². The fourth-order valence-electron chi connectivity index (χ4n) is 0.990. The van der Waals surface area contributed by atoms with Crippen molar-refractivity contribution in [1.29, 1.82) is 0 Å². The highest BCUT2D eigenvalue weighted by molar-refractivity contribution is 9.10. The molecule has 0 heterocycles. The number of benzene rings is 1. The van der Waals surface area contributed by atoms with Gasteiger partial charge in [0.25, 0.3) is 0 Å². The number of hydrogen-bond acceptors (Lipinski definition) is 2. The number of aromatic hydroxyl groups is 1. The van der Waals surface area contributed by atoms with Crippen molar-refractivity contribution >= 4 is 27.5 Å². The molecule has 0 amide bonds. The molecule has 0 aliphatic heterocycles. The molecule has 0 saturated carbocycles.